The molecule has 2 heterocycles. The summed E-state index contributed by atoms with van der Waals surface area (Å²) >= 11 is 0. The first-order valence-corrected chi connectivity index (χ1v) is 8.86. The Morgan fingerprint density at radius 1 is 1.21 bits per heavy atom. The zero-order valence-corrected chi connectivity index (χ0v) is 15.8. The summed E-state index contributed by atoms with van der Waals surface area (Å²) in [5.74, 6) is -2.08. The van der Waals surface area contributed by atoms with Crippen LogP contribution >= 0.6 is 0 Å². The van der Waals surface area contributed by atoms with Gasteiger partial charge in [-0.05, 0) is 12.0 Å². The normalized spacial score (nSPS) is 16.0. The molecule has 2 aromatic rings. The fourth-order valence-corrected chi connectivity index (χ4v) is 3.39. The molecule has 0 fully saturated rings. The number of benzene rings is 1. The lowest BCUT2D eigenvalue weighted by Crippen LogP contribution is -2.46. The lowest BCUT2D eigenvalue weighted by atomic mass is 10.0. The minimum absolute atomic E-state index is 0.124. The van der Waals surface area contributed by atoms with Crippen molar-refractivity contribution < 1.29 is 24.2 Å². The summed E-state index contributed by atoms with van der Waals surface area (Å²) in [7, 11) is 2.69. The van der Waals surface area contributed by atoms with Gasteiger partial charge in [0.25, 0.3) is 5.91 Å². The van der Waals surface area contributed by atoms with E-state index in [2.05, 4.69) is 4.74 Å². The van der Waals surface area contributed by atoms with Gasteiger partial charge in [-0.25, -0.2) is 4.79 Å². The molecule has 1 N–H and O–H groups in total. The van der Waals surface area contributed by atoms with E-state index < -0.39 is 23.1 Å². The van der Waals surface area contributed by atoms with E-state index in [1.54, 1.807) is 4.90 Å². The standard InChI is InChI=1S/C20H22N2O6/c1-27-9-8-21-11-14(10-13-6-4-3-5-7-13)22-12-15(20(26)28-2)17(23)18(24)16(22)19(21)25/h3-7,12,14,24H,8-11H2,1-2H3/t14-/m0/s1. The molecule has 1 atom stereocenters. The number of rotatable bonds is 6. The predicted molar refractivity (Wildman–Crippen MR) is 101 cm³/mol. The minimum Gasteiger partial charge on any atom is -0.503 e. The van der Waals surface area contributed by atoms with Gasteiger partial charge in [-0.1, -0.05) is 30.3 Å². The first-order valence-electron chi connectivity index (χ1n) is 8.86. The number of aromatic nitrogens is 1. The molecule has 0 spiro atoms. The molecule has 1 amide bonds. The monoisotopic (exact) mass is 386 g/mol. The molecule has 8 heteroatoms. The first-order chi connectivity index (χ1) is 13.5. The highest BCUT2D eigenvalue weighted by Gasteiger charge is 2.35. The van der Waals surface area contributed by atoms with Crippen molar-refractivity contribution in [2.75, 3.05) is 33.9 Å². The summed E-state index contributed by atoms with van der Waals surface area (Å²) in [6.45, 7) is 1.01. The molecule has 1 aliphatic heterocycles. The van der Waals surface area contributed by atoms with E-state index in [1.807, 2.05) is 30.3 Å². The second-order valence-corrected chi connectivity index (χ2v) is 6.56. The number of aromatic hydroxyl groups is 1. The third kappa shape index (κ3) is 3.63. The molecule has 0 radical (unpaired) electrons. The molecule has 0 bridgehead atoms. The number of fused-ring (bicyclic) bond motifs is 1. The molecule has 0 aliphatic carbocycles. The van der Waals surface area contributed by atoms with Gasteiger partial charge in [0, 0.05) is 26.4 Å². The van der Waals surface area contributed by atoms with Crippen molar-refractivity contribution in [1.29, 1.82) is 0 Å². The van der Waals surface area contributed by atoms with Crippen LogP contribution in [-0.4, -0.2) is 60.4 Å². The highest BCUT2D eigenvalue weighted by molar-refractivity contribution is 5.97. The molecule has 28 heavy (non-hydrogen) atoms. The Bertz CT molecular complexity index is 938. The number of esters is 1. The number of nitrogens with zero attached hydrogens (tertiary/aromatic N) is 2. The summed E-state index contributed by atoms with van der Waals surface area (Å²) in [5.41, 5.74) is -0.323. The average Bonchev–Trinajstić information content (AvgIpc) is 2.71. The Kier molecular flexibility index (Phi) is 5.79. The number of ether oxygens (including phenoxy) is 2. The Morgan fingerprint density at radius 2 is 1.93 bits per heavy atom. The Hall–Kier alpha value is -3.13. The highest BCUT2D eigenvalue weighted by Crippen LogP contribution is 2.28. The maximum atomic E-state index is 12.9. The third-order valence-corrected chi connectivity index (χ3v) is 4.81. The third-order valence-electron chi connectivity index (χ3n) is 4.81. The van der Waals surface area contributed by atoms with Gasteiger partial charge >= 0.3 is 5.97 Å². The SMILES string of the molecule is COCCN1C[C@H](Cc2ccccc2)n2cc(C(=O)OC)c(=O)c(O)c2C1=O. The summed E-state index contributed by atoms with van der Waals surface area (Å²) in [6, 6.07) is 9.37. The number of carbonyl (C=O) groups excluding carboxylic acids is 2. The van der Waals surface area contributed by atoms with Gasteiger partial charge in [0.2, 0.25) is 5.43 Å². The lowest BCUT2D eigenvalue weighted by Gasteiger charge is -2.36. The van der Waals surface area contributed by atoms with Gasteiger partial charge in [-0.2, -0.15) is 0 Å². The number of amides is 1. The Morgan fingerprint density at radius 3 is 2.57 bits per heavy atom. The summed E-state index contributed by atoms with van der Waals surface area (Å²) < 4.78 is 11.2. The van der Waals surface area contributed by atoms with Crippen molar-refractivity contribution >= 4 is 11.9 Å². The molecule has 1 aromatic heterocycles. The van der Waals surface area contributed by atoms with Crippen LogP contribution in [-0.2, 0) is 15.9 Å². The van der Waals surface area contributed by atoms with E-state index in [0.29, 0.717) is 26.1 Å². The molecule has 0 saturated heterocycles. The van der Waals surface area contributed by atoms with E-state index >= 15 is 0 Å². The smallest absolute Gasteiger partial charge is 0.343 e. The molecule has 148 valence electrons. The molecular formula is C20H22N2O6. The van der Waals surface area contributed by atoms with E-state index in [9.17, 15) is 19.5 Å². The minimum atomic E-state index is -0.918. The second kappa shape index (κ2) is 8.26. The largest absolute Gasteiger partial charge is 0.503 e. The van der Waals surface area contributed by atoms with Crippen molar-refractivity contribution in [3.63, 3.8) is 0 Å². The lowest BCUT2D eigenvalue weighted by molar-refractivity contribution is 0.0568. The molecule has 8 nitrogen and oxygen atoms in total. The van der Waals surface area contributed by atoms with E-state index in [-0.39, 0.29) is 17.3 Å². The molecule has 1 aromatic carbocycles. The van der Waals surface area contributed by atoms with Crippen LogP contribution in [0, 0.1) is 0 Å². The summed E-state index contributed by atoms with van der Waals surface area (Å²) in [6.07, 6.45) is 1.86. The fourth-order valence-electron chi connectivity index (χ4n) is 3.39. The molecule has 0 unspecified atom stereocenters. The zero-order chi connectivity index (χ0) is 20.3. The van der Waals surface area contributed by atoms with Crippen molar-refractivity contribution in [2.45, 2.75) is 12.5 Å². The zero-order valence-electron chi connectivity index (χ0n) is 15.8. The Labute approximate surface area is 161 Å². The number of pyridine rings is 1. The van der Waals surface area contributed by atoms with E-state index in [0.717, 1.165) is 12.7 Å². The van der Waals surface area contributed by atoms with Crippen LogP contribution < -0.4 is 5.43 Å². The van der Waals surface area contributed by atoms with Crippen molar-refractivity contribution in [1.82, 2.24) is 9.47 Å². The number of hydrogen-bond acceptors (Lipinski definition) is 6. The number of methoxy groups -OCH3 is 2. The van der Waals surface area contributed by atoms with Crippen molar-refractivity contribution in [2.24, 2.45) is 0 Å². The van der Waals surface area contributed by atoms with Crippen LogP contribution in [0.4, 0.5) is 0 Å². The molecule has 3 rings (SSSR count). The van der Waals surface area contributed by atoms with Crippen LogP contribution in [0.1, 0.15) is 32.5 Å². The summed E-state index contributed by atoms with van der Waals surface area (Å²) in [4.78, 5) is 38.8. The number of hydrogen-bond donors (Lipinski definition) is 1. The van der Waals surface area contributed by atoms with Crippen LogP contribution in [0.25, 0.3) is 0 Å². The molecular weight excluding hydrogens is 364 g/mol. The average molecular weight is 386 g/mol. The number of carbonyl (C=O) groups is 2. The van der Waals surface area contributed by atoms with Crippen LogP contribution in [0.5, 0.6) is 5.75 Å². The van der Waals surface area contributed by atoms with Crippen molar-refractivity contribution in [3.8, 4) is 5.75 Å². The quantitative estimate of drug-likeness (QED) is 0.750. The Balaban J connectivity index is 2.11. The summed E-state index contributed by atoms with van der Waals surface area (Å²) in [5, 5.41) is 10.4. The van der Waals surface area contributed by atoms with Crippen LogP contribution in [0.15, 0.2) is 41.3 Å². The van der Waals surface area contributed by atoms with Crippen LogP contribution in [0.3, 0.4) is 0 Å². The van der Waals surface area contributed by atoms with Crippen molar-refractivity contribution in [3.05, 3.63) is 63.6 Å². The predicted octanol–water partition coefficient (Wildman–Crippen LogP) is 1.23. The fraction of sp³-hybridized carbons (Fsp3) is 0.350. The molecule has 0 saturated carbocycles. The van der Waals surface area contributed by atoms with Gasteiger partial charge in [-0.15, -0.1) is 0 Å². The second-order valence-electron chi connectivity index (χ2n) is 6.56. The van der Waals surface area contributed by atoms with Gasteiger partial charge in [0.1, 0.15) is 5.56 Å². The first kappa shape index (κ1) is 19.6. The van der Waals surface area contributed by atoms with Gasteiger partial charge in [0.05, 0.1) is 19.8 Å². The maximum absolute atomic E-state index is 12.9. The maximum Gasteiger partial charge on any atom is 0.343 e. The van der Waals surface area contributed by atoms with Crippen LogP contribution in [0.2, 0.25) is 0 Å². The topological polar surface area (TPSA) is 98.1 Å². The molecule has 1 aliphatic rings. The van der Waals surface area contributed by atoms with Gasteiger partial charge < -0.3 is 24.0 Å². The highest BCUT2D eigenvalue weighted by atomic mass is 16.5. The van der Waals surface area contributed by atoms with E-state index in [1.165, 1.54) is 17.9 Å². The van der Waals surface area contributed by atoms with Gasteiger partial charge in [-0.3, -0.25) is 9.59 Å². The van der Waals surface area contributed by atoms with E-state index in [4.69, 9.17) is 4.74 Å². The van der Waals surface area contributed by atoms with Gasteiger partial charge in [0.15, 0.2) is 11.4 Å².